The number of methoxy groups -OCH3 is 1. The lowest BCUT2D eigenvalue weighted by molar-refractivity contribution is 0.171. The Labute approximate surface area is 168 Å². The second-order valence-corrected chi connectivity index (χ2v) is 7.54. The molecular formula is C22H22N2O3S. The van der Waals surface area contributed by atoms with Crippen LogP contribution < -0.4 is 19.0 Å². The lowest BCUT2D eigenvalue weighted by Crippen LogP contribution is -2.16. The molecule has 0 amide bonds. The van der Waals surface area contributed by atoms with E-state index >= 15 is 0 Å². The summed E-state index contributed by atoms with van der Waals surface area (Å²) in [6.45, 7) is 7.86. The molecule has 5 nitrogen and oxygen atoms in total. The van der Waals surface area contributed by atoms with Crippen LogP contribution in [0.15, 0.2) is 60.1 Å². The molecule has 2 heterocycles. The van der Waals surface area contributed by atoms with Crippen LogP contribution in [0, 0.1) is 6.92 Å². The average molecular weight is 394 g/mol. The van der Waals surface area contributed by atoms with E-state index in [4.69, 9.17) is 19.2 Å². The Balaban J connectivity index is 1.81. The summed E-state index contributed by atoms with van der Waals surface area (Å²) in [5.74, 6) is 2.35. The van der Waals surface area contributed by atoms with Gasteiger partial charge in [-0.25, -0.2) is 4.99 Å². The van der Waals surface area contributed by atoms with E-state index in [1.165, 1.54) is 4.88 Å². The van der Waals surface area contributed by atoms with Gasteiger partial charge in [-0.05, 0) is 48.9 Å². The quantitative estimate of drug-likeness (QED) is 0.588. The summed E-state index contributed by atoms with van der Waals surface area (Å²) in [6.07, 6.45) is 1.89. The second-order valence-electron chi connectivity index (χ2n) is 6.36. The van der Waals surface area contributed by atoms with Crippen molar-refractivity contribution >= 4 is 17.0 Å². The first-order valence-corrected chi connectivity index (χ1v) is 9.91. The molecule has 1 aromatic heterocycles. The zero-order valence-corrected chi connectivity index (χ0v) is 16.8. The molecule has 4 rings (SSSR count). The van der Waals surface area contributed by atoms with E-state index in [2.05, 4.69) is 30.2 Å². The molecular weight excluding hydrogens is 372 g/mol. The highest BCUT2D eigenvalue weighted by molar-refractivity contribution is 7.09. The molecule has 6 heteroatoms. The number of nitrogens with zero attached hydrogens (tertiary/aromatic N) is 2. The molecule has 0 saturated carbocycles. The third kappa shape index (κ3) is 3.55. The molecule has 1 aliphatic rings. The number of hydrogen-bond donors (Lipinski definition) is 0. The molecule has 1 aliphatic heterocycles. The highest BCUT2D eigenvalue weighted by Crippen LogP contribution is 2.34. The Morgan fingerprint density at radius 2 is 1.89 bits per heavy atom. The van der Waals surface area contributed by atoms with Crippen LogP contribution >= 0.6 is 11.3 Å². The molecule has 0 unspecified atom stereocenters. The fraction of sp³-hybridized carbons (Fsp3) is 0.227. The van der Waals surface area contributed by atoms with E-state index < -0.39 is 0 Å². The number of aromatic nitrogens is 1. The molecule has 28 heavy (non-hydrogen) atoms. The van der Waals surface area contributed by atoms with Crippen molar-refractivity contribution in [3.8, 4) is 28.5 Å². The van der Waals surface area contributed by atoms with Crippen molar-refractivity contribution in [1.82, 2.24) is 4.57 Å². The van der Waals surface area contributed by atoms with E-state index in [1.54, 1.807) is 18.4 Å². The van der Waals surface area contributed by atoms with Gasteiger partial charge in [0.15, 0.2) is 16.3 Å². The molecule has 0 N–H and O–H groups in total. The summed E-state index contributed by atoms with van der Waals surface area (Å²) in [5, 5.41) is 0. The van der Waals surface area contributed by atoms with Gasteiger partial charge >= 0.3 is 0 Å². The minimum atomic E-state index is 0.562. The van der Waals surface area contributed by atoms with E-state index in [9.17, 15) is 0 Å². The predicted molar refractivity (Wildman–Crippen MR) is 112 cm³/mol. The molecule has 144 valence electrons. The lowest BCUT2D eigenvalue weighted by Gasteiger charge is -2.18. The van der Waals surface area contributed by atoms with Gasteiger partial charge in [-0.1, -0.05) is 6.08 Å². The molecule has 0 spiro atoms. The predicted octanol–water partition coefficient (Wildman–Crippen LogP) is 4.72. The summed E-state index contributed by atoms with van der Waals surface area (Å²) in [5.41, 5.74) is 3.11. The number of aryl methyl sites for hydroxylation is 1. The van der Waals surface area contributed by atoms with Crippen molar-refractivity contribution in [2.24, 2.45) is 4.99 Å². The SMILES string of the molecule is C=CCn1c(-c2ccc(OC)cc2)c(C)sc1=Nc1ccc2c(c1)OCCO2. The Kier molecular flexibility index (Phi) is 5.21. The topological polar surface area (TPSA) is 45.0 Å². The van der Waals surface area contributed by atoms with E-state index in [0.29, 0.717) is 19.8 Å². The number of hydrogen-bond acceptors (Lipinski definition) is 5. The van der Waals surface area contributed by atoms with Crippen LogP contribution in [0.2, 0.25) is 0 Å². The molecule has 0 bridgehead atoms. The second kappa shape index (κ2) is 7.94. The number of benzene rings is 2. The lowest BCUT2D eigenvalue weighted by atomic mass is 10.1. The van der Waals surface area contributed by atoms with Crippen LogP contribution in [0.3, 0.4) is 0 Å². The van der Waals surface area contributed by atoms with Crippen molar-refractivity contribution in [3.63, 3.8) is 0 Å². The van der Waals surface area contributed by atoms with Crippen LogP contribution in [0.5, 0.6) is 17.2 Å². The minimum absolute atomic E-state index is 0.562. The summed E-state index contributed by atoms with van der Waals surface area (Å²) in [7, 11) is 1.67. The zero-order valence-electron chi connectivity index (χ0n) is 16.0. The third-order valence-corrected chi connectivity index (χ3v) is 5.50. The van der Waals surface area contributed by atoms with Gasteiger partial charge in [0.1, 0.15) is 19.0 Å². The molecule has 0 aliphatic carbocycles. The first kappa shape index (κ1) is 18.4. The van der Waals surface area contributed by atoms with Gasteiger partial charge in [-0.2, -0.15) is 0 Å². The van der Waals surface area contributed by atoms with Gasteiger partial charge in [0.2, 0.25) is 0 Å². The first-order chi connectivity index (χ1) is 13.7. The molecule has 0 atom stereocenters. The Morgan fingerprint density at radius 1 is 1.14 bits per heavy atom. The Morgan fingerprint density at radius 3 is 2.61 bits per heavy atom. The van der Waals surface area contributed by atoms with E-state index in [1.807, 2.05) is 36.4 Å². The highest BCUT2D eigenvalue weighted by Gasteiger charge is 2.14. The van der Waals surface area contributed by atoms with Crippen molar-refractivity contribution in [2.45, 2.75) is 13.5 Å². The average Bonchev–Trinajstić information content (AvgIpc) is 3.03. The van der Waals surface area contributed by atoms with Gasteiger partial charge in [-0.15, -0.1) is 17.9 Å². The Hall–Kier alpha value is -2.99. The largest absolute Gasteiger partial charge is 0.497 e. The van der Waals surface area contributed by atoms with E-state index in [0.717, 1.165) is 39.0 Å². The zero-order chi connectivity index (χ0) is 19.5. The maximum absolute atomic E-state index is 5.68. The van der Waals surface area contributed by atoms with Crippen LogP contribution in [-0.2, 0) is 6.54 Å². The van der Waals surface area contributed by atoms with Crippen molar-refractivity contribution < 1.29 is 14.2 Å². The van der Waals surface area contributed by atoms with Gasteiger partial charge in [-0.3, -0.25) is 0 Å². The standard InChI is InChI=1S/C22H22N2O3S/c1-4-11-24-21(16-5-8-18(25-3)9-6-16)15(2)28-22(24)23-17-7-10-19-20(14-17)27-13-12-26-19/h4-10,14H,1,11-13H2,2-3H3. The molecule has 0 radical (unpaired) electrons. The van der Waals surface area contributed by atoms with Crippen LogP contribution in [0.1, 0.15) is 4.88 Å². The molecule has 0 saturated heterocycles. The summed E-state index contributed by atoms with van der Waals surface area (Å²) >= 11 is 1.66. The smallest absolute Gasteiger partial charge is 0.190 e. The maximum Gasteiger partial charge on any atom is 0.190 e. The number of rotatable bonds is 5. The molecule has 3 aromatic rings. The maximum atomic E-state index is 5.68. The fourth-order valence-corrected chi connectivity index (χ4v) is 4.25. The third-order valence-electron chi connectivity index (χ3n) is 4.50. The number of allylic oxidation sites excluding steroid dienone is 1. The first-order valence-electron chi connectivity index (χ1n) is 9.09. The minimum Gasteiger partial charge on any atom is -0.497 e. The Bertz CT molecular complexity index is 1060. The number of ether oxygens (including phenoxy) is 3. The van der Waals surface area contributed by atoms with Crippen LogP contribution in [0.25, 0.3) is 11.3 Å². The highest BCUT2D eigenvalue weighted by atomic mass is 32.1. The van der Waals surface area contributed by atoms with Gasteiger partial charge in [0.25, 0.3) is 0 Å². The van der Waals surface area contributed by atoms with Gasteiger partial charge in [0.05, 0.1) is 18.5 Å². The van der Waals surface area contributed by atoms with Crippen molar-refractivity contribution in [1.29, 1.82) is 0 Å². The monoisotopic (exact) mass is 394 g/mol. The summed E-state index contributed by atoms with van der Waals surface area (Å²) in [6, 6.07) is 13.9. The van der Waals surface area contributed by atoms with Gasteiger partial charge < -0.3 is 18.8 Å². The fourth-order valence-electron chi connectivity index (χ4n) is 3.23. The van der Waals surface area contributed by atoms with Crippen LogP contribution in [-0.4, -0.2) is 24.9 Å². The molecule has 0 fully saturated rings. The summed E-state index contributed by atoms with van der Waals surface area (Å²) in [4.78, 5) is 7.00. The number of thiazole rings is 1. The summed E-state index contributed by atoms with van der Waals surface area (Å²) < 4.78 is 18.7. The van der Waals surface area contributed by atoms with Gasteiger partial charge in [0, 0.05) is 17.5 Å². The number of fused-ring (bicyclic) bond motifs is 1. The molecule has 2 aromatic carbocycles. The normalized spacial score (nSPS) is 13.4. The van der Waals surface area contributed by atoms with E-state index in [-0.39, 0.29) is 0 Å². The van der Waals surface area contributed by atoms with Crippen LogP contribution in [0.4, 0.5) is 5.69 Å². The van der Waals surface area contributed by atoms with Crippen molar-refractivity contribution in [3.05, 3.63) is 64.8 Å². The van der Waals surface area contributed by atoms with Crippen molar-refractivity contribution in [2.75, 3.05) is 20.3 Å².